The highest BCUT2D eigenvalue weighted by molar-refractivity contribution is 6.31. The smallest absolute Gasteiger partial charge is 0.120 e. The van der Waals surface area contributed by atoms with Gasteiger partial charge in [0, 0.05) is 12.5 Å². The average molecular weight is 235 g/mol. The van der Waals surface area contributed by atoms with E-state index in [2.05, 4.69) is 6.07 Å². The van der Waals surface area contributed by atoms with Crippen LogP contribution in [-0.2, 0) is 0 Å². The Morgan fingerprint density at radius 2 is 2.06 bits per heavy atom. The van der Waals surface area contributed by atoms with Gasteiger partial charge in [0.1, 0.15) is 11.8 Å². The van der Waals surface area contributed by atoms with E-state index in [0.717, 1.165) is 12.8 Å². The minimum Gasteiger partial charge on any atom is -0.494 e. The summed E-state index contributed by atoms with van der Waals surface area (Å²) in [6.45, 7) is 0.559. The first-order valence-corrected chi connectivity index (χ1v) is 5.35. The Labute approximate surface area is 99.8 Å². The number of hydrogen-bond donors (Lipinski definition) is 0. The van der Waals surface area contributed by atoms with Crippen molar-refractivity contribution >= 4 is 11.6 Å². The van der Waals surface area contributed by atoms with E-state index in [4.69, 9.17) is 26.9 Å². The molecule has 82 valence electrons. The second kappa shape index (κ2) is 6.71. The molecule has 0 aliphatic heterocycles. The summed E-state index contributed by atoms with van der Waals surface area (Å²) < 4.78 is 5.43. The molecule has 0 amide bonds. The molecule has 0 spiro atoms. The maximum atomic E-state index is 8.68. The molecule has 0 saturated carbocycles. The van der Waals surface area contributed by atoms with Crippen molar-refractivity contribution in [2.24, 2.45) is 0 Å². The Balaban J connectivity index is 2.41. The number of hydrogen-bond acceptors (Lipinski definition) is 3. The van der Waals surface area contributed by atoms with E-state index in [-0.39, 0.29) is 0 Å². The summed E-state index contributed by atoms with van der Waals surface area (Å²) in [5, 5.41) is 17.4. The van der Waals surface area contributed by atoms with Crippen molar-refractivity contribution in [2.75, 3.05) is 6.61 Å². The molecular formula is C12H11ClN2O. The van der Waals surface area contributed by atoms with Crippen molar-refractivity contribution in [3.05, 3.63) is 28.8 Å². The molecule has 1 rings (SSSR count). The first kappa shape index (κ1) is 12.4. The second-order valence-electron chi connectivity index (χ2n) is 3.22. The molecule has 0 fully saturated rings. The lowest BCUT2D eigenvalue weighted by Crippen LogP contribution is -1.97. The third kappa shape index (κ3) is 3.81. The SMILES string of the molecule is N#CCCCCOc1ccc(C#N)c(Cl)c1. The van der Waals surface area contributed by atoms with Crippen LogP contribution in [0.5, 0.6) is 5.75 Å². The molecule has 0 radical (unpaired) electrons. The van der Waals surface area contributed by atoms with Crippen LogP contribution in [0, 0.1) is 22.7 Å². The summed E-state index contributed by atoms with van der Waals surface area (Å²) in [4.78, 5) is 0. The van der Waals surface area contributed by atoms with Crippen LogP contribution >= 0.6 is 11.6 Å². The summed E-state index contributed by atoms with van der Waals surface area (Å²) >= 11 is 5.85. The van der Waals surface area contributed by atoms with Crippen molar-refractivity contribution in [2.45, 2.75) is 19.3 Å². The first-order chi connectivity index (χ1) is 7.77. The Hall–Kier alpha value is -1.71. The fraction of sp³-hybridized carbons (Fsp3) is 0.333. The van der Waals surface area contributed by atoms with Crippen molar-refractivity contribution < 1.29 is 4.74 Å². The zero-order valence-electron chi connectivity index (χ0n) is 8.74. The van der Waals surface area contributed by atoms with E-state index in [0.29, 0.717) is 29.4 Å². The van der Waals surface area contributed by atoms with Crippen molar-refractivity contribution in [1.29, 1.82) is 10.5 Å². The van der Waals surface area contributed by atoms with Gasteiger partial charge in [-0.3, -0.25) is 0 Å². The molecule has 1 aromatic rings. The van der Waals surface area contributed by atoms with Gasteiger partial charge in [-0.15, -0.1) is 0 Å². The quantitative estimate of drug-likeness (QED) is 0.735. The average Bonchev–Trinajstić information content (AvgIpc) is 2.29. The summed E-state index contributed by atoms with van der Waals surface area (Å²) in [5.74, 6) is 0.654. The van der Waals surface area contributed by atoms with Gasteiger partial charge in [0.05, 0.1) is 23.3 Å². The summed E-state index contributed by atoms with van der Waals surface area (Å²) in [7, 11) is 0. The predicted molar refractivity (Wildman–Crippen MR) is 61.1 cm³/mol. The minimum absolute atomic E-state index is 0.400. The maximum Gasteiger partial charge on any atom is 0.120 e. The van der Waals surface area contributed by atoms with Gasteiger partial charge in [0.25, 0.3) is 0 Å². The van der Waals surface area contributed by atoms with Crippen LogP contribution in [-0.4, -0.2) is 6.61 Å². The molecule has 16 heavy (non-hydrogen) atoms. The van der Waals surface area contributed by atoms with Crippen molar-refractivity contribution in [1.82, 2.24) is 0 Å². The van der Waals surface area contributed by atoms with Crippen LogP contribution in [0.1, 0.15) is 24.8 Å². The molecule has 0 aromatic heterocycles. The van der Waals surface area contributed by atoms with Crippen LogP contribution in [0.2, 0.25) is 5.02 Å². The summed E-state index contributed by atoms with van der Waals surface area (Å²) in [5.41, 5.74) is 0.443. The van der Waals surface area contributed by atoms with Crippen molar-refractivity contribution in [3.8, 4) is 17.9 Å². The standard InChI is InChI=1S/C12H11ClN2O/c13-12-8-11(5-4-10(12)9-15)16-7-3-1-2-6-14/h4-5,8H,1-3,7H2. The lowest BCUT2D eigenvalue weighted by Gasteiger charge is -2.05. The number of nitriles is 2. The van der Waals surface area contributed by atoms with Crippen LogP contribution in [0.25, 0.3) is 0 Å². The molecule has 0 bridgehead atoms. The van der Waals surface area contributed by atoms with E-state index < -0.39 is 0 Å². The van der Waals surface area contributed by atoms with Gasteiger partial charge in [-0.2, -0.15) is 10.5 Å². The lowest BCUT2D eigenvalue weighted by atomic mass is 10.2. The fourth-order valence-corrected chi connectivity index (χ4v) is 1.39. The number of ether oxygens (including phenoxy) is 1. The highest BCUT2D eigenvalue weighted by Gasteiger charge is 2.01. The molecule has 0 heterocycles. The van der Waals surface area contributed by atoms with Gasteiger partial charge in [0.15, 0.2) is 0 Å². The van der Waals surface area contributed by atoms with E-state index >= 15 is 0 Å². The fourth-order valence-electron chi connectivity index (χ4n) is 1.17. The molecule has 4 heteroatoms. The highest BCUT2D eigenvalue weighted by Crippen LogP contribution is 2.21. The molecule has 0 saturated heterocycles. The third-order valence-corrected chi connectivity index (χ3v) is 2.33. The van der Waals surface area contributed by atoms with Crippen LogP contribution in [0.4, 0.5) is 0 Å². The number of unbranched alkanes of at least 4 members (excludes halogenated alkanes) is 2. The van der Waals surface area contributed by atoms with Crippen molar-refractivity contribution in [3.63, 3.8) is 0 Å². The van der Waals surface area contributed by atoms with Crippen LogP contribution in [0.3, 0.4) is 0 Å². The summed E-state index contributed by atoms with van der Waals surface area (Å²) in [6.07, 6.45) is 2.23. The van der Waals surface area contributed by atoms with Gasteiger partial charge in [-0.05, 0) is 25.0 Å². The maximum absolute atomic E-state index is 8.68. The second-order valence-corrected chi connectivity index (χ2v) is 3.62. The number of rotatable bonds is 5. The molecule has 0 atom stereocenters. The molecule has 0 N–H and O–H groups in total. The Morgan fingerprint density at radius 3 is 2.69 bits per heavy atom. The molecule has 0 aliphatic carbocycles. The van der Waals surface area contributed by atoms with Crippen LogP contribution in [0.15, 0.2) is 18.2 Å². The van der Waals surface area contributed by atoms with E-state index in [1.165, 1.54) is 0 Å². The Kier molecular flexibility index (Phi) is 5.19. The van der Waals surface area contributed by atoms with Gasteiger partial charge >= 0.3 is 0 Å². The lowest BCUT2D eigenvalue weighted by molar-refractivity contribution is 0.307. The van der Waals surface area contributed by atoms with Gasteiger partial charge in [0.2, 0.25) is 0 Å². The first-order valence-electron chi connectivity index (χ1n) is 4.97. The van der Waals surface area contributed by atoms with Gasteiger partial charge in [-0.1, -0.05) is 11.6 Å². The minimum atomic E-state index is 0.400. The molecule has 1 aromatic carbocycles. The molecule has 3 nitrogen and oxygen atoms in total. The van der Waals surface area contributed by atoms with Crippen LogP contribution < -0.4 is 4.74 Å². The Morgan fingerprint density at radius 1 is 1.25 bits per heavy atom. The third-order valence-electron chi connectivity index (χ3n) is 2.01. The number of halogens is 1. The normalized spacial score (nSPS) is 9.19. The molecule has 0 unspecified atom stereocenters. The zero-order valence-corrected chi connectivity index (χ0v) is 9.50. The number of nitrogens with zero attached hydrogens (tertiary/aromatic N) is 2. The summed E-state index contributed by atoms with van der Waals surface area (Å²) in [6, 6.07) is 9.04. The predicted octanol–water partition coefficient (Wildman–Crippen LogP) is 3.28. The Bertz CT molecular complexity index is 432. The van der Waals surface area contributed by atoms with Gasteiger partial charge < -0.3 is 4.74 Å². The zero-order chi connectivity index (χ0) is 11.8. The molecule has 0 aliphatic rings. The van der Waals surface area contributed by atoms with Gasteiger partial charge in [-0.25, -0.2) is 0 Å². The largest absolute Gasteiger partial charge is 0.494 e. The number of benzene rings is 1. The topological polar surface area (TPSA) is 56.8 Å². The monoisotopic (exact) mass is 234 g/mol. The van der Waals surface area contributed by atoms with E-state index in [9.17, 15) is 0 Å². The van der Waals surface area contributed by atoms with E-state index in [1.54, 1.807) is 18.2 Å². The molecular weight excluding hydrogens is 224 g/mol. The highest BCUT2D eigenvalue weighted by atomic mass is 35.5. The van der Waals surface area contributed by atoms with E-state index in [1.807, 2.05) is 6.07 Å².